The van der Waals surface area contributed by atoms with E-state index in [2.05, 4.69) is 24.8 Å². The molecule has 0 aliphatic carbocycles. The summed E-state index contributed by atoms with van der Waals surface area (Å²) in [5, 5.41) is 9.41. The number of nitriles is 1. The Balaban J connectivity index is 2.07. The number of allylic oxidation sites excluding steroid dienone is 1. The van der Waals surface area contributed by atoms with Crippen molar-refractivity contribution in [1.82, 2.24) is 4.90 Å². The smallest absolute Gasteiger partial charge is 0.119 e. The Bertz CT molecular complexity index is 697. The molecule has 0 aliphatic rings. The molecule has 24 heavy (non-hydrogen) atoms. The number of benzene rings is 2. The van der Waals surface area contributed by atoms with Gasteiger partial charge in [0.25, 0.3) is 0 Å². The van der Waals surface area contributed by atoms with E-state index in [9.17, 15) is 5.26 Å². The highest BCUT2D eigenvalue weighted by Crippen LogP contribution is 2.20. The maximum Gasteiger partial charge on any atom is 0.119 e. The largest absolute Gasteiger partial charge is 0.492 e. The van der Waals surface area contributed by atoms with E-state index in [0.29, 0.717) is 12.2 Å². The first-order valence-electron chi connectivity index (χ1n) is 8.39. The summed E-state index contributed by atoms with van der Waals surface area (Å²) in [6, 6.07) is 19.9. The highest BCUT2D eigenvalue weighted by Gasteiger charge is 2.02. The van der Waals surface area contributed by atoms with Crippen LogP contribution in [0.1, 0.15) is 25.0 Å². The summed E-state index contributed by atoms with van der Waals surface area (Å²) in [4.78, 5) is 2.33. The third-order valence-corrected chi connectivity index (χ3v) is 3.95. The van der Waals surface area contributed by atoms with Gasteiger partial charge in [-0.1, -0.05) is 56.3 Å². The van der Waals surface area contributed by atoms with Crippen molar-refractivity contribution in [1.29, 1.82) is 5.26 Å². The van der Waals surface area contributed by atoms with Crippen LogP contribution in [0, 0.1) is 11.3 Å². The third kappa shape index (κ3) is 5.26. The summed E-state index contributed by atoms with van der Waals surface area (Å²) in [6.07, 6.45) is 1.90. The van der Waals surface area contributed by atoms with Crippen molar-refractivity contribution in [2.45, 2.75) is 13.8 Å². The van der Waals surface area contributed by atoms with Crippen LogP contribution in [0.3, 0.4) is 0 Å². The van der Waals surface area contributed by atoms with Gasteiger partial charge in [-0.05, 0) is 42.4 Å². The molecule has 0 spiro atoms. The normalized spacial score (nSPS) is 11.3. The molecule has 0 aliphatic heterocycles. The molecule has 124 valence electrons. The van der Waals surface area contributed by atoms with Crippen LogP contribution < -0.4 is 4.74 Å². The standard InChI is InChI=1S/C21H24N2O/c1-3-23(4-2)13-14-24-21-12-8-9-18(16-21)15-20(17-22)19-10-6-5-7-11-19/h5-12,15-16H,3-4,13-14H2,1-2H3/b20-15+. The minimum atomic E-state index is 0.649. The first kappa shape index (κ1) is 17.8. The summed E-state index contributed by atoms with van der Waals surface area (Å²) in [5.41, 5.74) is 2.54. The molecular formula is C21H24N2O. The van der Waals surface area contributed by atoms with E-state index in [4.69, 9.17) is 4.74 Å². The van der Waals surface area contributed by atoms with Crippen LogP contribution in [0.5, 0.6) is 5.75 Å². The first-order chi connectivity index (χ1) is 11.8. The molecule has 2 aromatic carbocycles. The zero-order chi connectivity index (χ0) is 17.2. The molecular weight excluding hydrogens is 296 g/mol. The maximum absolute atomic E-state index is 9.41. The Morgan fingerprint density at radius 3 is 2.50 bits per heavy atom. The molecule has 2 rings (SSSR count). The molecule has 3 nitrogen and oxygen atoms in total. The van der Waals surface area contributed by atoms with Crippen LogP contribution in [0.15, 0.2) is 54.6 Å². The molecule has 0 N–H and O–H groups in total. The predicted molar refractivity (Wildman–Crippen MR) is 99.7 cm³/mol. The molecule has 2 aromatic rings. The minimum absolute atomic E-state index is 0.649. The van der Waals surface area contributed by atoms with E-state index in [1.165, 1.54) is 0 Å². The molecule has 0 fully saturated rings. The van der Waals surface area contributed by atoms with Crippen molar-refractivity contribution in [3.63, 3.8) is 0 Å². The van der Waals surface area contributed by atoms with E-state index in [-0.39, 0.29) is 0 Å². The first-order valence-corrected chi connectivity index (χ1v) is 8.39. The lowest BCUT2D eigenvalue weighted by Gasteiger charge is -2.18. The van der Waals surface area contributed by atoms with E-state index in [1.54, 1.807) is 0 Å². The van der Waals surface area contributed by atoms with Crippen molar-refractivity contribution in [2.75, 3.05) is 26.2 Å². The highest BCUT2D eigenvalue weighted by atomic mass is 16.5. The van der Waals surface area contributed by atoms with E-state index >= 15 is 0 Å². The number of nitrogens with zero attached hydrogens (tertiary/aromatic N) is 2. The summed E-state index contributed by atoms with van der Waals surface area (Å²) in [6.45, 7) is 7.96. The molecule has 0 unspecified atom stereocenters. The quantitative estimate of drug-likeness (QED) is 0.532. The Morgan fingerprint density at radius 1 is 1.08 bits per heavy atom. The molecule has 0 saturated carbocycles. The molecule has 0 saturated heterocycles. The van der Waals surface area contributed by atoms with Gasteiger partial charge in [0.2, 0.25) is 0 Å². The SMILES string of the molecule is CCN(CC)CCOc1cccc(/C=C(\C#N)c2ccccc2)c1. The molecule has 0 amide bonds. The molecule has 0 aromatic heterocycles. The number of rotatable bonds is 8. The van der Waals surface area contributed by atoms with Crippen LogP contribution in [-0.4, -0.2) is 31.1 Å². The van der Waals surface area contributed by atoms with E-state index in [0.717, 1.165) is 36.5 Å². The second-order valence-corrected chi connectivity index (χ2v) is 5.48. The fourth-order valence-electron chi connectivity index (χ4n) is 2.49. The lowest BCUT2D eigenvalue weighted by molar-refractivity contribution is 0.223. The minimum Gasteiger partial charge on any atom is -0.492 e. The molecule has 0 heterocycles. The van der Waals surface area contributed by atoms with Gasteiger partial charge in [0.15, 0.2) is 0 Å². The van der Waals surface area contributed by atoms with Gasteiger partial charge in [-0.2, -0.15) is 5.26 Å². The fraction of sp³-hybridized carbons (Fsp3) is 0.286. The average Bonchev–Trinajstić information content (AvgIpc) is 2.64. The van der Waals surface area contributed by atoms with Gasteiger partial charge in [-0.3, -0.25) is 0 Å². The van der Waals surface area contributed by atoms with Crippen LogP contribution in [0.25, 0.3) is 11.6 Å². The molecule has 0 radical (unpaired) electrons. The second kappa shape index (κ2) is 9.54. The predicted octanol–water partition coefficient (Wildman–Crippen LogP) is 4.47. The Kier molecular flexibility index (Phi) is 7.07. The summed E-state index contributed by atoms with van der Waals surface area (Å²) < 4.78 is 5.85. The maximum atomic E-state index is 9.41. The van der Waals surface area contributed by atoms with Crippen molar-refractivity contribution in [2.24, 2.45) is 0 Å². The van der Waals surface area contributed by atoms with Gasteiger partial charge < -0.3 is 9.64 Å². The lowest BCUT2D eigenvalue weighted by Crippen LogP contribution is -2.27. The Hall–Kier alpha value is -2.57. The Labute approximate surface area is 144 Å². The molecule has 0 bridgehead atoms. The van der Waals surface area contributed by atoms with Crippen LogP contribution in [0.4, 0.5) is 0 Å². The van der Waals surface area contributed by atoms with Gasteiger partial charge in [0.05, 0.1) is 11.6 Å². The Morgan fingerprint density at radius 2 is 1.83 bits per heavy atom. The number of ether oxygens (including phenoxy) is 1. The molecule has 0 atom stereocenters. The van der Waals surface area contributed by atoms with Gasteiger partial charge in [0, 0.05) is 6.54 Å². The van der Waals surface area contributed by atoms with Crippen molar-refractivity contribution in [3.8, 4) is 11.8 Å². The van der Waals surface area contributed by atoms with Crippen LogP contribution in [-0.2, 0) is 0 Å². The third-order valence-electron chi connectivity index (χ3n) is 3.95. The lowest BCUT2D eigenvalue weighted by atomic mass is 10.0. The number of likely N-dealkylation sites (N-methyl/N-ethyl adjacent to an activating group) is 1. The summed E-state index contributed by atoms with van der Waals surface area (Å²) >= 11 is 0. The van der Waals surface area contributed by atoms with Crippen molar-refractivity contribution >= 4 is 11.6 Å². The van der Waals surface area contributed by atoms with Crippen LogP contribution in [0.2, 0.25) is 0 Å². The zero-order valence-corrected chi connectivity index (χ0v) is 14.4. The zero-order valence-electron chi connectivity index (χ0n) is 14.4. The molecule has 3 heteroatoms. The van der Waals surface area contributed by atoms with Gasteiger partial charge >= 0.3 is 0 Å². The van der Waals surface area contributed by atoms with Gasteiger partial charge in [-0.15, -0.1) is 0 Å². The van der Waals surface area contributed by atoms with Gasteiger partial charge in [-0.25, -0.2) is 0 Å². The van der Waals surface area contributed by atoms with Crippen molar-refractivity contribution in [3.05, 3.63) is 65.7 Å². The second-order valence-electron chi connectivity index (χ2n) is 5.48. The van der Waals surface area contributed by atoms with E-state index < -0.39 is 0 Å². The fourth-order valence-corrected chi connectivity index (χ4v) is 2.49. The summed E-state index contributed by atoms with van der Waals surface area (Å²) in [5.74, 6) is 0.834. The van der Waals surface area contributed by atoms with E-state index in [1.807, 2.05) is 60.7 Å². The van der Waals surface area contributed by atoms with Gasteiger partial charge in [0.1, 0.15) is 12.4 Å². The summed E-state index contributed by atoms with van der Waals surface area (Å²) in [7, 11) is 0. The highest BCUT2D eigenvalue weighted by molar-refractivity contribution is 5.89. The number of hydrogen-bond acceptors (Lipinski definition) is 3. The average molecular weight is 320 g/mol. The monoisotopic (exact) mass is 320 g/mol. The van der Waals surface area contributed by atoms with Crippen molar-refractivity contribution < 1.29 is 4.74 Å². The number of hydrogen-bond donors (Lipinski definition) is 0. The van der Waals surface area contributed by atoms with Crippen LogP contribution >= 0.6 is 0 Å². The topological polar surface area (TPSA) is 36.3 Å².